The van der Waals surface area contributed by atoms with E-state index in [1.54, 1.807) is 24.3 Å². The normalized spacial score (nSPS) is 9.42. The molecule has 0 fully saturated rings. The fourth-order valence-electron chi connectivity index (χ4n) is 1.63. The molecule has 5 nitrogen and oxygen atoms in total. The number of carbonyl (C=O) groups is 1. The van der Waals surface area contributed by atoms with Gasteiger partial charge in [0.15, 0.2) is 0 Å². The Kier molecular flexibility index (Phi) is 14.9. The van der Waals surface area contributed by atoms with Crippen LogP contribution in [0.2, 0.25) is 0 Å². The van der Waals surface area contributed by atoms with Gasteiger partial charge < -0.3 is 26.1 Å². The molecule has 2 rings (SSSR count). The highest BCUT2D eigenvalue weighted by atomic mass is 19.1. The number of aliphatic hydroxyl groups is 2. The van der Waals surface area contributed by atoms with E-state index in [2.05, 4.69) is 5.32 Å². The van der Waals surface area contributed by atoms with Crippen molar-refractivity contribution in [2.45, 2.75) is 13.0 Å². The largest absolute Gasteiger partial charge is 0.395 e. The number of carbonyl (C=O) groups excluding carboxylic acids is 1. The monoisotopic (exact) mass is 368 g/mol. The van der Waals surface area contributed by atoms with Gasteiger partial charge in [-0.05, 0) is 35.4 Å². The fourth-order valence-corrected chi connectivity index (χ4v) is 1.63. The van der Waals surface area contributed by atoms with Gasteiger partial charge in [-0.3, -0.25) is 0 Å². The first-order valence-electron chi connectivity index (χ1n) is 8.12. The van der Waals surface area contributed by atoms with E-state index in [9.17, 15) is 13.6 Å². The number of hydrogen-bond acceptors (Lipinski definition) is 5. The van der Waals surface area contributed by atoms with Crippen LogP contribution in [0, 0.1) is 11.6 Å². The summed E-state index contributed by atoms with van der Waals surface area (Å²) in [6, 6.07) is 12.2. The summed E-state index contributed by atoms with van der Waals surface area (Å²) in [5.41, 5.74) is 6.64. The predicted molar refractivity (Wildman–Crippen MR) is 97.5 cm³/mol. The molecular weight excluding hydrogens is 342 g/mol. The molecule has 0 spiro atoms. The van der Waals surface area contributed by atoms with Gasteiger partial charge >= 0.3 is 0 Å². The van der Waals surface area contributed by atoms with E-state index < -0.39 is 0 Å². The molecule has 0 unspecified atom stereocenters. The summed E-state index contributed by atoms with van der Waals surface area (Å²) in [5.74, 6) is -0.490. The maximum Gasteiger partial charge on any atom is 0.124 e. The quantitative estimate of drug-likeness (QED) is 0.438. The minimum absolute atomic E-state index is 0.0972. The van der Waals surface area contributed by atoms with Crippen molar-refractivity contribution in [1.29, 1.82) is 0 Å². The molecule has 0 saturated carbocycles. The number of nitrogens with one attached hydrogen (secondary N) is 1. The second-order valence-corrected chi connectivity index (χ2v) is 5.04. The zero-order valence-electron chi connectivity index (χ0n) is 14.6. The van der Waals surface area contributed by atoms with Crippen molar-refractivity contribution in [2.75, 3.05) is 26.3 Å². The van der Waals surface area contributed by atoms with Gasteiger partial charge in [-0.15, -0.1) is 0 Å². The second kappa shape index (κ2) is 16.3. The highest BCUT2D eigenvalue weighted by Crippen LogP contribution is 2.02. The van der Waals surface area contributed by atoms with Crippen LogP contribution < -0.4 is 11.1 Å². The van der Waals surface area contributed by atoms with Crippen molar-refractivity contribution in [3.05, 3.63) is 71.3 Å². The van der Waals surface area contributed by atoms with Crippen LogP contribution in [0.5, 0.6) is 0 Å². The molecule has 0 radical (unpaired) electrons. The third-order valence-electron chi connectivity index (χ3n) is 2.89. The molecule has 0 bridgehead atoms. The fraction of sp³-hybridized carbons (Fsp3) is 0.316. The zero-order chi connectivity index (χ0) is 19.6. The van der Waals surface area contributed by atoms with Crippen molar-refractivity contribution in [1.82, 2.24) is 5.32 Å². The van der Waals surface area contributed by atoms with Gasteiger partial charge in [-0.1, -0.05) is 24.3 Å². The summed E-state index contributed by atoms with van der Waals surface area (Å²) in [6.07, 6.45) is 1.16. The molecule has 0 heterocycles. The molecule has 5 N–H and O–H groups in total. The molecule has 2 aromatic rings. The number of aliphatic hydroxyl groups excluding tert-OH is 2. The van der Waals surface area contributed by atoms with E-state index in [0.29, 0.717) is 26.1 Å². The summed E-state index contributed by atoms with van der Waals surface area (Å²) in [5, 5.41) is 19.2. The van der Waals surface area contributed by atoms with Crippen molar-refractivity contribution < 1.29 is 23.8 Å². The molecule has 144 valence electrons. The lowest BCUT2D eigenvalue weighted by atomic mass is 10.2. The van der Waals surface area contributed by atoms with Gasteiger partial charge in [0.1, 0.15) is 17.9 Å². The molecule has 2 aromatic carbocycles. The average molecular weight is 368 g/mol. The van der Waals surface area contributed by atoms with E-state index in [4.69, 9.17) is 15.9 Å². The van der Waals surface area contributed by atoms with Crippen molar-refractivity contribution in [3.63, 3.8) is 0 Å². The maximum absolute atomic E-state index is 12.4. The number of aldehydes is 1. The Morgan fingerprint density at radius 2 is 1.35 bits per heavy atom. The lowest BCUT2D eigenvalue weighted by molar-refractivity contribution is -0.107. The van der Waals surface area contributed by atoms with E-state index >= 15 is 0 Å². The number of rotatable bonds is 7. The molecule has 0 aliphatic rings. The third kappa shape index (κ3) is 13.1. The molecule has 7 heteroatoms. The maximum atomic E-state index is 12.4. The molecule has 0 amide bonds. The van der Waals surface area contributed by atoms with Gasteiger partial charge in [-0.25, -0.2) is 8.78 Å². The van der Waals surface area contributed by atoms with E-state index in [1.807, 2.05) is 0 Å². The Hall–Kier alpha value is -2.19. The Labute approximate surface area is 152 Å². The van der Waals surface area contributed by atoms with E-state index in [0.717, 1.165) is 17.4 Å². The molecule has 0 aliphatic carbocycles. The van der Waals surface area contributed by atoms with Crippen LogP contribution in [0.15, 0.2) is 48.5 Å². The van der Waals surface area contributed by atoms with Gasteiger partial charge in [0.25, 0.3) is 0 Å². The first kappa shape index (κ1) is 23.8. The zero-order valence-corrected chi connectivity index (χ0v) is 14.6. The van der Waals surface area contributed by atoms with Crippen molar-refractivity contribution >= 4 is 6.29 Å². The van der Waals surface area contributed by atoms with Gasteiger partial charge in [-0.2, -0.15) is 0 Å². The summed E-state index contributed by atoms with van der Waals surface area (Å²) in [4.78, 5) is 9.97. The number of hydrogen-bond donors (Lipinski definition) is 4. The summed E-state index contributed by atoms with van der Waals surface area (Å²) < 4.78 is 24.7. The second-order valence-electron chi connectivity index (χ2n) is 5.04. The highest BCUT2D eigenvalue weighted by Gasteiger charge is 1.92. The minimum atomic E-state index is -0.269. The number of benzene rings is 2. The predicted octanol–water partition coefficient (Wildman–Crippen LogP) is 1.41. The number of halogens is 2. The first-order chi connectivity index (χ1) is 12.6. The average Bonchev–Trinajstić information content (AvgIpc) is 2.66. The van der Waals surface area contributed by atoms with Gasteiger partial charge in [0, 0.05) is 26.1 Å². The van der Waals surface area contributed by atoms with Crippen LogP contribution in [-0.2, 0) is 17.8 Å². The lowest BCUT2D eigenvalue weighted by Crippen LogP contribution is -2.17. The topological polar surface area (TPSA) is 95.6 Å². The van der Waals surface area contributed by atoms with E-state index in [-0.39, 0.29) is 24.8 Å². The summed E-state index contributed by atoms with van der Waals surface area (Å²) in [6.45, 7) is 1.83. The van der Waals surface area contributed by atoms with Crippen LogP contribution in [0.25, 0.3) is 0 Å². The molecular formula is C19H26F2N2O3. The van der Waals surface area contributed by atoms with Crippen LogP contribution in [0.4, 0.5) is 8.78 Å². The summed E-state index contributed by atoms with van der Waals surface area (Å²) >= 11 is 0. The minimum Gasteiger partial charge on any atom is -0.395 e. The first-order valence-corrected chi connectivity index (χ1v) is 8.12. The SMILES string of the molecule is NCCO.O=CCc1ccc(F)cc1.OCCNCc1ccc(F)cc1. The van der Waals surface area contributed by atoms with Gasteiger partial charge in [0.05, 0.1) is 13.2 Å². The molecule has 0 saturated heterocycles. The van der Waals surface area contributed by atoms with Crippen LogP contribution >= 0.6 is 0 Å². The lowest BCUT2D eigenvalue weighted by Gasteiger charge is -2.01. The smallest absolute Gasteiger partial charge is 0.124 e. The van der Waals surface area contributed by atoms with Crippen LogP contribution in [0.1, 0.15) is 11.1 Å². The van der Waals surface area contributed by atoms with Crippen molar-refractivity contribution in [3.8, 4) is 0 Å². The molecule has 0 aromatic heterocycles. The molecule has 0 atom stereocenters. The molecule has 26 heavy (non-hydrogen) atoms. The standard InChI is InChI=1S/C9H12FNO.C8H7FO.C2H7NO/c10-9-3-1-8(2-4-9)7-11-5-6-12;9-8-3-1-7(2-4-8)5-6-10;3-1-2-4/h1-4,11-12H,5-7H2;1-4,6H,5H2;4H,1-3H2. The Balaban J connectivity index is 0.000000405. The van der Waals surface area contributed by atoms with Crippen molar-refractivity contribution in [2.24, 2.45) is 5.73 Å². The van der Waals surface area contributed by atoms with Crippen LogP contribution in [-0.4, -0.2) is 42.8 Å². The highest BCUT2D eigenvalue weighted by molar-refractivity contribution is 5.54. The van der Waals surface area contributed by atoms with Crippen LogP contribution in [0.3, 0.4) is 0 Å². The number of nitrogens with two attached hydrogens (primary N) is 1. The molecule has 0 aliphatic heterocycles. The Morgan fingerprint density at radius 1 is 0.885 bits per heavy atom. The Morgan fingerprint density at radius 3 is 1.73 bits per heavy atom. The van der Waals surface area contributed by atoms with Gasteiger partial charge in [0.2, 0.25) is 0 Å². The Bertz CT molecular complexity index is 576. The third-order valence-corrected chi connectivity index (χ3v) is 2.89. The summed E-state index contributed by atoms with van der Waals surface area (Å²) in [7, 11) is 0. The van der Waals surface area contributed by atoms with E-state index in [1.165, 1.54) is 24.3 Å².